The van der Waals surface area contributed by atoms with Gasteiger partial charge in [0, 0.05) is 32.6 Å². The minimum Gasteiger partial charge on any atom is -0.489 e. The summed E-state index contributed by atoms with van der Waals surface area (Å²) >= 11 is 0. The van der Waals surface area contributed by atoms with Gasteiger partial charge in [0.25, 0.3) is 0 Å². The molecule has 2 aliphatic rings. The van der Waals surface area contributed by atoms with E-state index in [9.17, 15) is 14.0 Å². The number of morpholine rings is 1. The van der Waals surface area contributed by atoms with Gasteiger partial charge in [-0.05, 0) is 12.1 Å². The molecule has 0 saturated carbocycles. The predicted octanol–water partition coefficient (Wildman–Crippen LogP) is 0.998. The maximum Gasteiger partial charge on any atom is 0.414 e. The molecule has 8 nitrogen and oxygen atoms in total. The standard InChI is InChI=1S/C18H24FN3O5/c1-13(23)20-11-15-12-22(18(24)27-15)14-2-3-17(16(19)10-14)26-9-6-21-4-7-25-8-5-21/h2-3,10,15H,4-9,11-12H2,1H3,(H,20,23)/t15-/m0/s1. The van der Waals surface area contributed by atoms with E-state index in [1.807, 2.05) is 0 Å². The normalized spacial score (nSPS) is 20.4. The number of ether oxygens (including phenoxy) is 3. The van der Waals surface area contributed by atoms with Crippen molar-refractivity contribution in [3.63, 3.8) is 0 Å². The van der Waals surface area contributed by atoms with Crippen LogP contribution in [-0.4, -0.2) is 75.5 Å². The number of benzene rings is 1. The Morgan fingerprint density at radius 1 is 1.37 bits per heavy atom. The lowest BCUT2D eigenvalue weighted by Crippen LogP contribution is -2.38. The van der Waals surface area contributed by atoms with Gasteiger partial charge in [-0.1, -0.05) is 0 Å². The van der Waals surface area contributed by atoms with E-state index in [-0.39, 0.29) is 24.7 Å². The SMILES string of the molecule is CC(=O)NC[C@H]1CN(c2ccc(OCCN3CCOCC3)c(F)c2)C(=O)O1. The van der Waals surface area contributed by atoms with Crippen molar-refractivity contribution in [3.8, 4) is 5.75 Å². The molecule has 9 heteroatoms. The molecule has 0 aromatic heterocycles. The third-order valence-corrected chi connectivity index (χ3v) is 4.45. The number of halogens is 1. The number of anilines is 1. The van der Waals surface area contributed by atoms with Crippen molar-refractivity contribution >= 4 is 17.7 Å². The van der Waals surface area contributed by atoms with Crippen molar-refractivity contribution < 1.29 is 28.2 Å². The number of amides is 2. The Morgan fingerprint density at radius 2 is 2.15 bits per heavy atom. The van der Waals surface area contributed by atoms with Gasteiger partial charge >= 0.3 is 6.09 Å². The van der Waals surface area contributed by atoms with Crippen LogP contribution in [0.15, 0.2) is 18.2 Å². The maximum atomic E-state index is 14.4. The molecule has 3 rings (SSSR count). The van der Waals surface area contributed by atoms with Crippen molar-refractivity contribution in [3.05, 3.63) is 24.0 Å². The lowest BCUT2D eigenvalue weighted by Gasteiger charge is -2.26. The van der Waals surface area contributed by atoms with Crippen molar-refractivity contribution in [2.75, 3.05) is 57.4 Å². The van der Waals surface area contributed by atoms with E-state index in [0.29, 0.717) is 32.1 Å². The summed E-state index contributed by atoms with van der Waals surface area (Å²) in [4.78, 5) is 26.5. The summed E-state index contributed by atoms with van der Waals surface area (Å²) < 4.78 is 30.3. The van der Waals surface area contributed by atoms with Crippen LogP contribution in [0.4, 0.5) is 14.9 Å². The van der Waals surface area contributed by atoms with Crippen LogP contribution < -0.4 is 15.0 Å². The molecular weight excluding hydrogens is 357 g/mol. The van der Waals surface area contributed by atoms with Gasteiger partial charge in [0.05, 0.1) is 32.0 Å². The molecule has 1 atom stereocenters. The zero-order valence-corrected chi connectivity index (χ0v) is 15.3. The number of carbonyl (C=O) groups excluding carboxylic acids is 2. The summed E-state index contributed by atoms with van der Waals surface area (Å²) in [5, 5.41) is 2.60. The van der Waals surface area contributed by atoms with Gasteiger partial charge in [0.1, 0.15) is 12.7 Å². The molecule has 27 heavy (non-hydrogen) atoms. The molecule has 0 unspecified atom stereocenters. The van der Waals surface area contributed by atoms with Crippen molar-refractivity contribution in [2.45, 2.75) is 13.0 Å². The highest BCUT2D eigenvalue weighted by atomic mass is 19.1. The van der Waals surface area contributed by atoms with Gasteiger partial charge in [-0.3, -0.25) is 14.6 Å². The highest BCUT2D eigenvalue weighted by Crippen LogP contribution is 2.27. The largest absolute Gasteiger partial charge is 0.489 e. The molecule has 148 valence electrons. The second-order valence-corrected chi connectivity index (χ2v) is 6.47. The second-order valence-electron chi connectivity index (χ2n) is 6.47. The van der Waals surface area contributed by atoms with Gasteiger partial charge in [0.15, 0.2) is 11.6 Å². The van der Waals surface area contributed by atoms with E-state index in [4.69, 9.17) is 14.2 Å². The summed E-state index contributed by atoms with van der Waals surface area (Å²) in [5.41, 5.74) is 0.392. The summed E-state index contributed by atoms with van der Waals surface area (Å²) in [6.07, 6.45) is -1.03. The van der Waals surface area contributed by atoms with Crippen molar-refractivity contribution in [1.29, 1.82) is 0 Å². The molecule has 0 radical (unpaired) electrons. The monoisotopic (exact) mass is 381 g/mol. The molecule has 2 fully saturated rings. The molecule has 1 N–H and O–H groups in total. The van der Waals surface area contributed by atoms with Crippen LogP contribution in [0.1, 0.15) is 6.92 Å². The number of cyclic esters (lactones) is 1. The van der Waals surface area contributed by atoms with E-state index in [1.165, 1.54) is 24.0 Å². The van der Waals surface area contributed by atoms with Gasteiger partial charge < -0.3 is 19.5 Å². The Kier molecular flexibility index (Phi) is 6.46. The molecule has 0 bridgehead atoms. The zero-order chi connectivity index (χ0) is 19.2. The number of nitrogens with zero attached hydrogens (tertiary/aromatic N) is 2. The summed E-state index contributed by atoms with van der Waals surface area (Å²) in [6, 6.07) is 4.39. The third kappa shape index (κ3) is 5.30. The Morgan fingerprint density at radius 3 is 2.85 bits per heavy atom. The highest BCUT2D eigenvalue weighted by Gasteiger charge is 2.32. The number of nitrogens with one attached hydrogen (secondary N) is 1. The first-order valence-corrected chi connectivity index (χ1v) is 8.98. The van der Waals surface area contributed by atoms with Crippen molar-refractivity contribution in [2.24, 2.45) is 0 Å². The average molecular weight is 381 g/mol. The maximum absolute atomic E-state index is 14.4. The van der Waals surface area contributed by atoms with E-state index >= 15 is 0 Å². The van der Waals surface area contributed by atoms with Crippen LogP contribution in [0.5, 0.6) is 5.75 Å². The molecule has 2 heterocycles. The van der Waals surface area contributed by atoms with Gasteiger partial charge in [-0.25, -0.2) is 9.18 Å². The summed E-state index contributed by atoms with van der Waals surface area (Å²) in [7, 11) is 0. The van der Waals surface area contributed by atoms with Crippen LogP contribution in [-0.2, 0) is 14.3 Å². The first kappa shape index (κ1) is 19.4. The molecular formula is C18H24FN3O5. The van der Waals surface area contributed by atoms with E-state index in [1.54, 1.807) is 6.07 Å². The molecule has 1 aromatic rings. The molecule has 0 aliphatic carbocycles. The highest BCUT2D eigenvalue weighted by molar-refractivity contribution is 5.89. The smallest absolute Gasteiger partial charge is 0.414 e. The lowest BCUT2D eigenvalue weighted by molar-refractivity contribution is -0.119. The first-order chi connectivity index (χ1) is 13.0. The average Bonchev–Trinajstić information content (AvgIpc) is 3.03. The molecule has 1 aromatic carbocycles. The number of hydrogen-bond donors (Lipinski definition) is 1. The van der Waals surface area contributed by atoms with E-state index < -0.39 is 18.0 Å². The van der Waals surface area contributed by atoms with Crippen LogP contribution in [0.25, 0.3) is 0 Å². The van der Waals surface area contributed by atoms with Crippen LogP contribution in [0.3, 0.4) is 0 Å². The Labute approximate surface area is 157 Å². The van der Waals surface area contributed by atoms with Gasteiger partial charge in [0.2, 0.25) is 5.91 Å². The predicted molar refractivity (Wildman–Crippen MR) is 95.5 cm³/mol. The Bertz CT molecular complexity index is 681. The first-order valence-electron chi connectivity index (χ1n) is 8.98. The van der Waals surface area contributed by atoms with Crippen LogP contribution in [0.2, 0.25) is 0 Å². The Balaban J connectivity index is 1.52. The minimum absolute atomic E-state index is 0.148. The summed E-state index contributed by atoms with van der Waals surface area (Å²) in [6.45, 7) is 6.05. The lowest BCUT2D eigenvalue weighted by atomic mass is 10.2. The van der Waals surface area contributed by atoms with E-state index in [2.05, 4.69) is 10.2 Å². The third-order valence-electron chi connectivity index (χ3n) is 4.45. The van der Waals surface area contributed by atoms with Gasteiger partial charge in [-0.2, -0.15) is 0 Å². The number of hydrogen-bond acceptors (Lipinski definition) is 6. The molecule has 2 saturated heterocycles. The van der Waals surface area contributed by atoms with Crippen LogP contribution >= 0.6 is 0 Å². The van der Waals surface area contributed by atoms with E-state index in [0.717, 1.165) is 13.1 Å². The zero-order valence-electron chi connectivity index (χ0n) is 15.3. The topological polar surface area (TPSA) is 80.3 Å². The minimum atomic E-state index is -0.564. The van der Waals surface area contributed by atoms with Crippen molar-refractivity contribution in [1.82, 2.24) is 10.2 Å². The fraction of sp³-hybridized carbons (Fsp3) is 0.556. The Hall–Kier alpha value is -2.39. The molecule has 0 spiro atoms. The molecule has 2 amide bonds. The summed E-state index contributed by atoms with van der Waals surface area (Å²) in [5.74, 6) is -0.587. The fourth-order valence-electron chi connectivity index (χ4n) is 2.98. The number of rotatable bonds is 7. The number of carbonyl (C=O) groups is 2. The van der Waals surface area contributed by atoms with Gasteiger partial charge in [-0.15, -0.1) is 0 Å². The fourth-order valence-corrected chi connectivity index (χ4v) is 2.98. The molecule has 2 aliphatic heterocycles. The second kappa shape index (κ2) is 9.01. The van der Waals surface area contributed by atoms with Crippen LogP contribution in [0, 0.1) is 5.82 Å². The quantitative estimate of drug-likeness (QED) is 0.759.